The minimum atomic E-state index is -0.853. The molecule has 0 fully saturated rings. The summed E-state index contributed by atoms with van der Waals surface area (Å²) >= 11 is 7.40. The van der Waals surface area contributed by atoms with Crippen molar-refractivity contribution in [1.29, 1.82) is 0 Å². The molecule has 4 nitrogen and oxygen atoms in total. The van der Waals surface area contributed by atoms with Crippen LogP contribution in [-0.4, -0.2) is 22.6 Å². The molecule has 0 spiro atoms. The molecule has 0 amide bonds. The number of carbonyl (C=O) groups is 1. The number of rotatable bonds is 6. The van der Waals surface area contributed by atoms with Crippen LogP contribution in [0.25, 0.3) is 0 Å². The lowest BCUT2D eigenvalue weighted by molar-refractivity contribution is -0.138. The largest absolute Gasteiger partial charge is 0.481 e. The van der Waals surface area contributed by atoms with Crippen molar-refractivity contribution in [2.24, 2.45) is 0 Å². The molecule has 0 aliphatic heterocycles. The van der Waals surface area contributed by atoms with E-state index in [0.29, 0.717) is 18.1 Å². The predicted molar refractivity (Wildman–Crippen MR) is 80.4 cm³/mol. The summed E-state index contributed by atoms with van der Waals surface area (Å²) in [4.78, 5) is 15.7. The van der Waals surface area contributed by atoms with Gasteiger partial charge in [-0.3, -0.25) is 4.79 Å². The first-order valence-electron chi connectivity index (χ1n) is 6.16. The Bertz CT molecular complexity index is 583. The number of thiazole rings is 1. The van der Waals surface area contributed by atoms with Crippen molar-refractivity contribution in [3.8, 4) is 0 Å². The normalized spacial score (nSPS) is 12.3. The topological polar surface area (TPSA) is 62.2 Å². The average molecular weight is 311 g/mol. The molecule has 2 N–H and O–H groups in total. The first-order chi connectivity index (χ1) is 9.56. The van der Waals surface area contributed by atoms with Crippen molar-refractivity contribution < 1.29 is 9.90 Å². The maximum atomic E-state index is 11.3. The first-order valence-corrected chi connectivity index (χ1v) is 7.42. The lowest BCUT2D eigenvalue weighted by Crippen LogP contribution is -2.26. The summed E-state index contributed by atoms with van der Waals surface area (Å²) in [6, 6.07) is 6.90. The molecule has 1 heterocycles. The van der Waals surface area contributed by atoms with Crippen LogP contribution < -0.4 is 5.32 Å². The van der Waals surface area contributed by atoms with Crippen LogP contribution in [0.2, 0.25) is 5.02 Å². The van der Waals surface area contributed by atoms with Crippen LogP contribution in [0.3, 0.4) is 0 Å². The van der Waals surface area contributed by atoms with Gasteiger partial charge in [-0.1, -0.05) is 23.7 Å². The Morgan fingerprint density at radius 1 is 1.45 bits per heavy atom. The average Bonchev–Trinajstić information content (AvgIpc) is 2.81. The molecule has 0 aliphatic rings. The van der Waals surface area contributed by atoms with Crippen molar-refractivity contribution in [1.82, 2.24) is 10.3 Å². The van der Waals surface area contributed by atoms with Crippen molar-refractivity contribution in [3.63, 3.8) is 0 Å². The number of carboxylic acid groups (broad SMARTS) is 1. The SMILES string of the molecule is Cc1nc(CNCC(C(=O)O)c2ccc(Cl)cc2)cs1. The number of nitrogens with one attached hydrogen (secondary N) is 1. The number of aromatic nitrogens is 1. The summed E-state index contributed by atoms with van der Waals surface area (Å²) in [6.45, 7) is 2.87. The quantitative estimate of drug-likeness (QED) is 0.861. The van der Waals surface area contributed by atoms with E-state index in [0.717, 1.165) is 16.3 Å². The summed E-state index contributed by atoms with van der Waals surface area (Å²) in [7, 11) is 0. The summed E-state index contributed by atoms with van der Waals surface area (Å²) in [6.07, 6.45) is 0. The third-order valence-electron chi connectivity index (χ3n) is 2.89. The van der Waals surface area contributed by atoms with Crippen LogP contribution >= 0.6 is 22.9 Å². The highest BCUT2D eigenvalue weighted by Crippen LogP contribution is 2.18. The lowest BCUT2D eigenvalue weighted by atomic mass is 9.99. The minimum absolute atomic E-state index is 0.355. The molecule has 20 heavy (non-hydrogen) atoms. The number of carboxylic acids is 1. The maximum absolute atomic E-state index is 11.3. The van der Waals surface area contributed by atoms with Gasteiger partial charge in [0.2, 0.25) is 0 Å². The van der Waals surface area contributed by atoms with Gasteiger partial charge in [0, 0.05) is 23.5 Å². The summed E-state index contributed by atoms with van der Waals surface area (Å²) in [5.74, 6) is -1.44. The monoisotopic (exact) mass is 310 g/mol. The fourth-order valence-corrected chi connectivity index (χ4v) is 2.62. The highest BCUT2D eigenvalue weighted by Gasteiger charge is 2.19. The maximum Gasteiger partial charge on any atom is 0.312 e. The third kappa shape index (κ3) is 4.03. The fraction of sp³-hybridized carbons (Fsp3) is 0.286. The number of benzene rings is 1. The van der Waals surface area contributed by atoms with Crippen molar-refractivity contribution in [2.75, 3.05) is 6.54 Å². The van der Waals surface area contributed by atoms with E-state index < -0.39 is 11.9 Å². The van der Waals surface area contributed by atoms with Gasteiger partial charge in [0.25, 0.3) is 0 Å². The molecule has 2 rings (SSSR count). The van der Waals surface area contributed by atoms with Gasteiger partial charge >= 0.3 is 5.97 Å². The summed E-state index contributed by atoms with van der Waals surface area (Å²) in [5, 5.41) is 16.0. The number of aliphatic carboxylic acids is 1. The Morgan fingerprint density at radius 3 is 2.70 bits per heavy atom. The van der Waals surface area contributed by atoms with Gasteiger partial charge in [-0.25, -0.2) is 4.98 Å². The van der Waals surface area contributed by atoms with Crippen LogP contribution in [0.4, 0.5) is 0 Å². The molecular weight excluding hydrogens is 296 g/mol. The molecule has 2 aromatic rings. The molecule has 1 aromatic carbocycles. The first kappa shape index (κ1) is 15.0. The number of nitrogens with zero attached hydrogens (tertiary/aromatic N) is 1. The Hall–Kier alpha value is -1.43. The Balaban J connectivity index is 1.96. The Kier molecular flexibility index (Phi) is 5.11. The highest BCUT2D eigenvalue weighted by atomic mass is 35.5. The van der Waals surface area contributed by atoms with Crippen molar-refractivity contribution >= 4 is 28.9 Å². The zero-order chi connectivity index (χ0) is 14.5. The zero-order valence-electron chi connectivity index (χ0n) is 11.0. The molecule has 6 heteroatoms. The number of hydrogen-bond donors (Lipinski definition) is 2. The molecule has 0 saturated heterocycles. The Labute approximate surface area is 126 Å². The van der Waals surface area contributed by atoms with E-state index in [1.165, 1.54) is 0 Å². The van der Waals surface area contributed by atoms with E-state index in [2.05, 4.69) is 10.3 Å². The van der Waals surface area contributed by atoms with E-state index >= 15 is 0 Å². The van der Waals surface area contributed by atoms with Gasteiger partial charge in [0.1, 0.15) is 0 Å². The molecule has 1 atom stereocenters. The summed E-state index contributed by atoms with van der Waals surface area (Å²) < 4.78 is 0. The van der Waals surface area contributed by atoms with E-state index in [-0.39, 0.29) is 0 Å². The number of hydrogen-bond acceptors (Lipinski definition) is 4. The van der Waals surface area contributed by atoms with Crippen molar-refractivity contribution in [3.05, 3.63) is 50.9 Å². The minimum Gasteiger partial charge on any atom is -0.481 e. The molecule has 106 valence electrons. The molecule has 0 bridgehead atoms. The second-order valence-corrected chi connectivity index (χ2v) is 5.93. The summed E-state index contributed by atoms with van der Waals surface area (Å²) in [5.41, 5.74) is 1.68. The second kappa shape index (κ2) is 6.83. The van der Waals surface area contributed by atoms with Gasteiger partial charge in [-0.15, -0.1) is 11.3 Å². The zero-order valence-corrected chi connectivity index (χ0v) is 12.5. The molecule has 0 aliphatic carbocycles. The van der Waals surface area contributed by atoms with Crippen LogP contribution in [-0.2, 0) is 11.3 Å². The van der Waals surface area contributed by atoms with E-state index in [4.69, 9.17) is 11.6 Å². The second-order valence-electron chi connectivity index (χ2n) is 4.43. The van der Waals surface area contributed by atoms with E-state index in [9.17, 15) is 9.90 Å². The highest BCUT2D eigenvalue weighted by molar-refractivity contribution is 7.09. The molecular formula is C14H15ClN2O2S. The van der Waals surface area contributed by atoms with Gasteiger partial charge in [0.15, 0.2) is 0 Å². The van der Waals surface area contributed by atoms with Gasteiger partial charge in [0.05, 0.1) is 16.6 Å². The van der Waals surface area contributed by atoms with Crippen LogP contribution in [0.15, 0.2) is 29.6 Å². The third-order valence-corrected chi connectivity index (χ3v) is 3.97. The number of halogens is 1. The smallest absolute Gasteiger partial charge is 0.312 e. The lowest BCUT2D eigenvalue weighted by Gasteiger charge is -2.13. The van der Waals surface area contributed by atoms with Gasteiger partial charge in [-0.05, 0) is 24.6 Å². The van der Waals surface area contributed by atoms with Crippen LogP contribution in [0.5, 0.6) is 0 Å². The van der Waals surface area contributed by atoms with Gasteiger partial charge in [-0.2, -0.15) is 0 Å². The molecule has 1 unspecified atom stereocenters. The predicted octanol–water partition coefficient (Wildman–Crippen LogP) is 3.06. The fourth-order valence-electron chi connectivity index (χ4n) is 1.88. The Morgan fingerprint density at radius 2 is 2.15 bits per heavy atom. The van der Waals surface area contributed by atoms with E-state index in [1.807, 2.05) is 12.3 Å². The van der Waals surface area contributed by atoms with Crippen molar-refractivity contribution in [2.45, 2.75) is 19.4 Å². The van der Waals surface area contributed by atoms with Crippen LogP contribution in [0, 0.1) is 6.92 Å². The van der Waals surface area contributed by atoms with Gasteiger partial charge < -0.3 is 10.4 Å². The van der Waals surface area contributed by atoms with Crippen LogP contribution in [0.1, 0.15) is 22.2 Å². The molecule has 1 aromatic heterocycles. The molecule has 0 saturated carbocycles. The standard InChI is InChI=1S/C14H15ClN2O2S/c1-9-17-12(8-20-9)6-16-7-13(14(18)19)10-2-4-11(15)5-3-10/h2-5,8,13,16H,6-7H2,1H3,(H,18,19). The number of aryl methyl sites for hydroxylation is 1. The molecule has 0 radical (unpaired) electrons. The van der Waals surface area contributed by atoms with E-state index in [1.54, 1.807) is 35.6 Å².